The van der Waals surface area contributed by atoms with Crippen LogP contribution in [0.4, 0.5) is 0 Å². The van der Waals surface area contributed by atoms with Gasteiger partial charge in [0.15, 0.2) is 0 Å². The van der Waals surface area contributed by atoms with Gasteiger partial charge < -0.3 is 9.80 Å². The minimum absolute atomic E-state index is 0.0793. The van der Waals surface area contributed by atoms with Crippen LogP contribution in [0.25, 0.3) is 0 Å². The number of fused-ring (bicyclic) bond motifs is 1. The van der Waals surface area contributed by atoms with Crippen LogP contribution in [0.2, 0.25) is 0 Å². The normalized spacial score (nSPS) is 18.9. The zero-order valence-electron chi connectivity index (χ0n) is 13.4. The predicted octanol–water partition coefficient (Wildman–Crippen LogP) is 2.57. The van der Waals surface area contributed by atoms with Crippen molar-refractivity contribution in [3.63, 3.8) is 0 Å². The summed E-state index contributed by atoms with van der Waals surface area (Å²) >= 11 is 1.68. The van der Waals surface area contributed by atoms with Crippen LogP contribution >= 0.6 is 11.3 Å². The molecule has 5 heteroatoms. The predicted molar refractivity (Wildman–Crippen MR) is 88.3 cm³/mol. The lowest BCUT2D eigenvalue weighted by Gasteiger charge is -2.32. The first-order chi connectivity index (χ1) is 10.6. The zero-order valence-corrected chi connectivity index (χ0v) is 14.2. The number of rotatable bonds is 2. The Morgan fingerprint density at radius 2 is 1.86 bits per heavy atom. The second-order valence-corrected chi connectivity index (χ2v) is 7.70. The summed E-state index contributed by atoms with van der Waals surface area (Å²) in [7, 11) is 3.60. The Morgan fingerprint density at radius 3 is 2.50 bits per heavy atom. The molecule has 0 unspecified atom stereocenters. The highest BCUT2D eigenvalue weighted by Crippen LogP contribution is 2.31. The summed E-state index contributed by atoms with van der Waals surface area (Å²) in [6, 6.07) is 2.11. The molecule has 0 saturated carbocycles. The Bertz CT molecular complexity index is 548. The molecule has 2 amide bonds. The van der Waals surface area contributed by atoms with Crippen molar-refractivity contribution in [1.82, 2.24) is 9.80 Å². The largest absolute Gasteiger partial charge is 0.349 e. The van der Waals surface area contributed by atoms with Crippen molar-refractivity contribution in [2.45, 2.75) is 38.5 Å². The van der Waals surface area contributed by atoms with Gasteiger partial charge in [-0.05, 0) is 50.2 Å². The van der Waals surface area contributed by atoms with E-state index in [1.54, 1.807) is 30.3 Å². The molecule has 0 atom stereocenters. The molecule has 1 saturated heterocycles. The van der Waals surface area contributed by atoms with Gasteiger partial charge in [0, 0.05) is 38.0 Å². The molecule has 0 aromatic carbocycles. The van der Waals surface area contributed by atoms with Gasteiger partial charge in [-0.1, -0.05) is 0 Å². The zero-order chi connectivity index (χ0) is 15.7. The molecule has 0 bridgehead atoms. The van der Waals surface area contributed by atoms with Crippen molar-refractivity contribution in [2.75, 3.05) is 27.2 Å². The number of piperidine rings is 1. The SMILES string of the molecule is CN(C)C(=O)C1CCN(C(=O)c2cc3c(s2)CCCC3)CC1. The number of thiophene rings is 1. The van der Waals surface area contributed by atoms with Crippen LogP contribution in [0.3, 0.4) is 0 Å². The first kappa shape index (κ1) is 15.5. The molecule has 1 aromatic heterocycles. The smallest absolute Gasteiger partial charge is 0.263 e. The van der Waals surface area contributed by atoms with E-state index in [0.29, 0.717) is 13.1 Å². The van der Waals surface area contributed by atoms with Gasteiger partial charge in [-0.2, -0.15) is 0 Å². The third kappa shape index (κ3) is 3.05. The van der Waals surface area contributed by atoms with E-state index in [1.807, 2.05) is 4.90 Å². The summed E-state index contributed by atoms with van der Waals surface area (Å²) in [5.41, 5.74) is 1.39. The highest BCUT2D eigenvalue weighted by Gasteiger charge is 2.29. The second-order valence-electron chi connectivity index (χ2n) is 6.57. The monoisotopic (exact) mass is 320 g/mol. The topological polar surface area (TPSA) is 40.6 Å². The maximum atomic E-state index is 12.7. The van der Waals surface area contributed by atoms with Crippen molar-refractivity contribution in [1.29, 1.82) is 0 Å². The summed E-state index contributed by atoms with van der Waals surface area (Å²) in [4.78, 5) is 30.6. The number of likely N-dealkylation sites (tertiary alicyclic amines) is 1. The van der Waals surface area contributed by atoms with E-state index < -0.39 is 0 Å². The van der Waals surface area contributed by atoms with Crippen molar-refractivity contribution >= 4 is 23.2 Å². The van der Waals surface area contributed by atoms with Crippen LogP contribution in [0.1, 0.15) is 45.8 Å². The number of carbonyl (C=O) groups is 2. The Morgan fingerprint density at radius 1 is 1.18 bits per heavy atom. The number of carbonyl (C=O) groups excluding carboxylic acids is 2. The van der Waals surface area contributed by atoms with Gasteiger partial charge in [0.1, 0.15) is 0 Å². The van der Waals surface area contributed by atoms with Crippen LogP contribution < -0.4 is 0 Å². The molecule has 1 aliphatic heterocycles. The van der Waals surface area contributed by atoms with Gasteiger partial charge in [-0.15, -0.1) is 11.3 Å². The van der Waals surface area contributed by atoms with Crippen molar-refractivity contribution in [2.24, 2.45) is 5.92 Å². The van der Waals surface area contributed by atoms with Gasteiger partial charge in [0.2, 0.25) is 5.91 Å². The molecule has 1 aromatic rings. The van der Waals surface area contributed by atoms with Gasteiger partial charge >= 0.3 is 0 Å². The van der Waals surface area contributed by atoms with Crippen LogP contribution in [0, 0.1) is 5.92 Å². The maximum absolute atomic E-state index is 12.7. The molecular formula is C17H24N2O2S. The first-order valence-corrected chi connectivity index (χ1v) is 9.00. The van der Waals surface area contributed by atoms with Crippen LogP contribution in [-0.2, 0) is 17.6 Å². The molecular weight excluding hydrogens is 296 g/mol. The summed E-state index contributed by atoms with van der Waals surface area (Å²) in [5.74, 6) is 0.435. The fourth-order valence-electron chi connectivity index (χ4n) is 3.45. The quantitative estimate of drug-likeness (QED) is 0.840. The van der Waals surface area contributed by atoms with Crippen LogP contribution in [0.5, 0.6) is 0 Å². The molecule has 1 aliphatic carbocycles. The molecule has 1 fully saturated rings. The summed E-state index contributed by atoms with van der Waals surface area (Å²) < 4.78 is 0. The minimum Gasteiger partial charge on any atom is -0.349 e. The third-order valence-electron chi connectivity index (χ3n) is 4.78. The molecule has 0 spiro atoms. The fourth-order valence-corrected chi connectivity index (χ4v) is 4.67. The van der Waals surface area contributed by atoms with E-state index in [9.17, 15) is 9.59 Å². The second kappa shape index (κ2) is 6.41. The standard InChI is InChI=1S/C17H24N2O2S/c1-18(2)16(20)12-7-9-19(10-8-12)17(21)15-11-13-5-3-4-6-14(13)22-15/h11-12H,3-10H2,1-2H3. The summed E-state index contributed by atoms with van der Waals surface area (Å²) in [6.07, 6.45) is 6.32. The average molecular weight is 320 g/mol. The maximum Gasteiger partial charge on any atom is 0.263 e. The number of aryl methyl sites for hydroxylation is 2. The van der Waals surface area contributed by atoms with Gasteiger partial charge in [-0.25, -0.2) is 0 Å². The van der Waals surface area contributed by atoms with E-state index >= 15 is 0 Å². The Kier molecular flexibility index (Phi) is 4.52. The van der Waals surface area contributed by atoms with Crippen molar-refractivity contribution in [3.8, 4) is 0 Å². The minimum atomic E-state index is 0.0793. The van der Waals surface area contributed by atoms with Gasteiger partial charge in [0.05, 0.1) is 4.88 Å². The molecule has 120 valence electrons. The molecule has 4 nitrogen and oxygen atoms in total. The average Bonchev–Trinajstić information content (AvgIpc) is 2.97. The lowest BCUT2D eigenvalue weighted by atomic mass is 9.95. The molecule has 2 aliphatic rings. The van der Waals surface area contributed by atoms with Crippen molar-refractivity contribution < 1.29 is 9.59 Å². The third-order valence-corrected chi connectivity index (χ3v) is 6.00. The Balaban J connectivity index is 1.62. The van der Waals surface area contributed by atoms with E-state index in [4.69, 9.17) is 0 Å². The number of hydrogen-bond donors (Lipinski definition) is 0. The van der Waals surface area contributed by atoms with Crippen LogP contribution in [0.15, 0.2) is 6.07 Å². The molecule has 2 heterocycles. The number of nitrogens with zero attached hydrogens (tertiary/aromatic N) is 2. The number of hydrogen-bond acceptors (Lipinski definition) is 3. The van der Waals surface area contributed by atoms with Crippen molar-refractivity contribution in [3.05, 3.63) is 21.4 Å². The van der Waals surface area contributed by atoms with Gasteiger partial charge in [0.25, 0.3) is 5.91 Å². The lowest BCUT2D eigenvalue weighted by Crippen LogP contribution is -2.42. The molecule has 22 heavy (non-hydrogen) atoms. The van der Waals surface area contributed by atoms with E-state index in [0.717, 1.165) is 30.6 Å². The number of amides is 2. The van der Waals surface area contributed by atoms with E-state index in [-0.39, 0.29) is 17.7 Å². The highest BCUT2D eigenvalue weighted by atomic mass is 32.1. The van der Waals surface area contributed by atoms with Crippen LogP contribution in [-0.4, -0.2) is 48.8 Å². The fraction of sp³-hybridized carbons (Fsp3) is 0.647. The van der Waals surface area contributed by atoms with Gasteiger partial charge in [-0.3, -0.25) is 9.59 Å². The first-order valence-electron chi connectivity index (χ1n) is 8.18. The summed E-state index contributed by atoms with van der Waals surface area (Å²) in [5, 5.41) is 0. The Hall–Kier alpha value is -1.36. The van der Waals surface area contributed by atoms with E-state index in [2.05, 4.69) is 6.07 Å². The Labute approximate surface area is 136 Å². The lowest BCUT2D eigenvalue weighted by molar-refractivity contribution is -0.134. The van der Waals surface area contributed by atoms with E-state index in [1.165, 1.54) is 23.3 Å². The highest BCUT2D eigenvalue weighted by molar-refractivity contribution is 7.14. The molecule has 3 rings (SSSR count). The molecule has 0 radical (unpaired) electrons. The molecule has 0 N–H and O–H groups in total. The summed E-state index contributed by atoms with van der Waals surface area (Å²) in [6.45, 7) is 1.40.